The molecule has 1 N–H and O–H groups in total. The van der Waals surface area contributed by atoms with Crippen molar-refractivity contribution in [2.75, 3.05) is 6.54 Å². The van der Waals surface area contributed by atoms with E-state index in [2.05, 4.69) is 12.2 Å². The Morgan fingerprint density at radius 1 is 0.960 bits per heavy atom. The molecule has 1 atom stereocenters. The van der Waals surface area contributed by atoms with Crippen LogP contribution in [0.2, 0.25) is 0 Å². The van der Waals surface area contributed by atoms with Crippen LogP contribution in [0, 0.1) is 6.92 Å². The van der Waals surface area contributed by atoms with Crippen molar-refractivity contribution in [3.05, 3.63) is 76.7 Å². The first-order chi connectivity index (χ1) is 11.6. The van der Waals surface area contributed by atoms with Gasteiger partial charge in [0.15, 0.2) is 0 Å². The molecule has 0 amide bonds. The predicted molar refractivity (Wildman–Crippen MR) is 80.9 cm³/mol. The van der Waals surface area contributed by atoms with E-state index >= 15 is 0 Å². The van der Waals surface area contributed by atoms with Crippen molar-refractivity contribution in [1.29, 1.82) is 0 Å². The Kier molecular flexibility index (Phi) is 4.31. The van der Waals surface area contributed by atoms with Gasteiger partial charge in [-0.3, -0.25) is 0 Å². The lowest BCUT2D eigenvalue weighted by molar-refractivity contribution is -0.143. The van der Waals surface area contributed by atoms with Gasteiger partial charge in [0.1, 0.15) is 0 Å². The third kappa shape index (κ3) is 3.38. The molecule has 0 aliphatic carbocycles. The van der Waals surface area contributed by atoms with E-state index in [1.165, 1.54) is 0 Å². The lowest BCUT2D eigenvalue weighted by atomic mass is 9.84. The number of alkyl halides is 6. The molecule has 25 heavy (non-hydrogen) atoms. The number of fused-ring (bicyclic) bond motifs is 1. The number of hydrogen-bond acceptors (Lipinski definition) is 1. The first kappa shape index (κ1) is 17.8. The topological polar surface area (TPSA) is 12.0 Å². The Morgan fingerprint density at radius 2 is 1.64 bits per heavy atom. The average Bonchev–Trinajstić information content (AvgIpc) is 2.52. The summed E-state index contributed by atoms with van der Waals surface area (Å²) in [6.07, 6.45) is -9.15. The number of halogens is 6. The van der Waals surface area contributed by atoms with E-state index in [9.17, 15) is 26.3 Å². The van der Waals surface area contributed by atoms with Gasteiger partial charge in [-0.25, -0.2) is 0 Å². The van der Waals surface area contributed by atoms with Crippen molar-refractivity contribution >= 4 is 0 Å². The van der Waals surface area contributed by atoms with E-state index in [0.717, 1.165) is 5.56 Å². The highest BCUT2D eigenvalue weighted by Gasteiger charge is 2.41. The van der Waals surface area contributed by atoms with Crippen LogP contribution in [-0.4, -0.2) is 6.54 Å². The molecule has 1 aliphatic rings. The van der Waals surface area contributed by atoms with Crippen LogP contribution in [0.5, 0.6) is 0 Å². The minimum atomic E-state index is -4.92. The van der Waals surface area contributed by atoms with Crippen molar-refractivity contribution in [3.63, 3.8) is 0 Å². The summed E-state index contributed by atoms with van der Waals surface area (Å²) >= 11 is 0. The van der Waals surface area contributed by atoms with Gasteiger partial charge >= 0.3 is 12.4 Å². The Hall–Kier alpha value is -2.02. The second-order valence-corrected chi connectivity index (χ2v) is 5.93. The second-order valence-electron chi connectivity index (χ2n) is 5.93. The molecule has 2 aromatic carbocycles. The van der Waals surface area contributed by atoms with Crippen molar-refractivity contribution in [3.8, 4) is 0 Å². The molecule has 1 heterocycles. The molecule has 0 saturated heterocycles. The molecule has 1 aliphatic heterocycles. The van der Waals surface area contributed by atoms with E-state index in [-0.39, 0.29) is 17.2 Å². The Morgan fingerprint density at radius 3 is 2.28 bits per heavy atom. The van der Waals surface area contributed by atoms with Crippen LogP contribution in [-0.2, 0) is 18.8 Å². The molecule has 0 aromatic heterocycles. The van der Waals surface area contributed by atoms with Gasteiger partial charge in [0.05, 0.1) is 17.2 Å². The third-order valence-electron chi connectivity index (χ3n) is 4.30. The minimum Gasteiger partial charge on any atom is -0.306 e. The van der Waals surface area contributed by atoms with E-state index in [4.69, 9.17) is 0 Å². The van der Waals surface area contributed by atoms with Gasteiger partial charge in [0.25, 0.3) is 0 Å². The zero-order chi connectivity index (χ0) is 18.4. The second kappa shape index (κ2) is 6.05. The first-order valence-corrected chi connectivity index (χ1v) is 7.54. The van der Waals surface area contributed by atoms with Gasteiger partial charge < -0.3 is 5.32 Å². The van der Waals surface area contributed by atoms with Crippen LogP contribution in [0.1, 0.15) is 39.4 Å². The first-order valence-electron chi connectivity index (χ1n) is 7.54. The molecule has 0 spiro atoms. The van der Waals surface area contributed by atoms with Gasteiger partial charge in [-0.1, -0.05) is 24.3 Å². The third-order valence-corrected chi connectivity index (χ3v) is 4.30. The molecule has 0 saturated carbocycles. The van der Waals surface area contributed by atoms with Gasteiger partial charge in [0.2, 0.25) is 0 Å². The highest BCUT2D eigenvalue weighted by Crippen LogP contribution is 2.43. The van der Waals surface area contributed by atoms with E-state index in [0.29, 0.717) is 24.6 Å². The fraction of sp³-hybridized carbons (Fsp3) is 0.278. The highest BCUT2D eigenvalue weighted by molar-refractivity contribution is 5.50. The molecule has 0 fully saturated rings. The molecule has 133 valence electrons. The fourth-order valence-electron chi connectivity index (χ4n) is 3.21. The summed E-state index contributed by atoms with van der Waals surface area (Å²) in [5.41, 5.74) is -1.69. The lowest BCUT2D eigenvalue weighted by Crippen LogP contribution is -2.33. The Bertz CT molecular complexity index is 791. The summed E-state index contributed by atoms with van der Waals surface area (Å²) in [5.74, 6) is 0. The Labute approximate surface area is 140 Å². The molecule has 7 heteroatoms. The smallest absolute Gasteiger partial charge is 0.306 e. The monoisotopic (exact) mass is 358 g/mol. The van der Waals surface area contributed by atoms with Crippen molar-refractivity contribution in [2.45, 2.75) is 24.8 Å². The number of nitrogens with one attached hydrogen (secondary N) is 1. The van der Waals surface area contributed by atoms with Crippen LogP contribution in [0.4, 0.5) is 26.3 Å². The van der Waals surface area contributed by atoms with Gasteiger partial charge in [-0.05, 0) is 47.7 Å². The van der Waals surface area contributed by atoms with Gasteiger partial charge in [-0.2, -0.15) is 26.3 Å². The van der Waals surface area contributed by atoms with Crippen LogP contribution < -0.4 is 5.32 Å². The quantitative estimate of drug-likeness (QED) is 0.696. The number of hydrogen-bond donors (Lipinski definition) is 1. The molecule has 1 nitrogen and oxygen atoms in total. The summed E-state index contributed by atoms with van der Waals surface area (Å²) in [6, 6.07) is 6.96. The summed E-state index contributed by atoms with van der Waals surface area (Å²) in [5, 5.41) is 2.98. The van der Waals surface area contributed by atoms with E-state index in [1.807, 2.05) is 6.07 Å². The van der Waals surface area contributed by atoms with Crippen LogP contribution >= 0.6 is 0 Å². The maximum absolute atomic E-state index is 13.5. The maximum Gasteiger partial charge on any atom is 0.416 e. The van der Waals surface area contributed by atoms with Crippen LogP contribution in [0.3, 0.4) is 0 Å². The fourth-order valence-corrected chi connectivity index (χ4v) is 3.21. The van der Waals surface area contributed by atoms with Gasteiger partial charge in [-0.15, -0.1) is 0 Å². The standard InChI is InChI=1S/C18H14F6N/c1-10-8-12(17(19,20)21)9-14(18(22,23)24)15(10)16-13-5-3-2-4-11(13)6-7-25-16/h2-5,8-9,16,25H,1,6-7H2. The van der Waals surface area contributed by atoms with Crippen molar-refractivity contribution in [1.82, 2.24) is 5.32 Å². The van der Waals surface area contributed by atoms with Crippen molar-refractivity contribution in [2.24, 2.45) is 0 Å². The van der Waals surface area contributed by atoms with Crippen molar-refractivity contribution < 1.29 is 26.3 Å². The number of benzene rings is 2. The zero-order valence-electron chi connectivity index (χ0n) is 12.9. The van der Waals surface area contributed by atoms with Crippen LogP contribution in [0.15, 0.2) is 36.4 Å². The molecule has 1 unspecified atom stereocenters. The van der Waals surface area contributed by atoms with Gasteiger partial charge in [0, 0.05) is 6.54 Å². The molecule has 1 radical (unpaired) electrons. The maximum atomic E-state index is 13.5. The number of rotatable bonds is 1. The summed E-state index contributed by atoms with van der Waals surface area (Å²) in [4.78, 5) is 0. The van der Waals surface area contributed by atoms with E-state index in [1.54, 1.807) is 18.2 Å². The lowest BCUT2D eigenvalue weighted by Gasteiger charge is -2.31. The van der Waals surface area contributed by atoms with E-state index < -0.39 is 29.5 Å². The molecular formula is C18H14F6N. The largest absolute Gasteiger partial charge is 0.416 e. The highest BCUT2D eigenvalue weighted by atomic mass is 19.4. The predicted octanol–water partition coefficient (Wildman–Crippen LogP) is 5.14. The minimum absolute atomic E-state index is 0.170. The zero-order valence-corrected chi connectivity index (χ0v) is 12.9. The molecule has 0 bridgehead atoms. The average molecular weight is 358 g/mol. The normalized spacial score (nSPS) is 18.1. The Balaban J connectivity index is 2.24. The molecule has 3 rings (SSSR count). The molecular weight excluding hydrogens is 344 g/mol. The van der Waals surface area contributed by atoms with Crippen LogP contribution in [0.25, 0.3) is 0 Å². The SMILES string of the molecule is [CH2]c1cc(C(F)(F)F)cc(C(F)(F)F)c1C1NCCc2ccccc21. The summed E-state index contributed by atoms with van der Waals surface area (Å²) in [7, 11) is 0. The summed E-state index contributed by atoms with van der Waals surface area (Å²) < 4.78 is 79.3. The summed E-state index contributed by atoms with van der Waals surface area (Å²) in [6.45, 7) is 3.91. The molecule has 2 aromatic rings.